The van der Waals surface area contributed by atoms with Gasteiger partial charge in [-0.1, -0.05) is 17.3 Å². The van der Waals surface area contributed by atoms with Gasteiger partial charge in [0, 0.05) is 18.3 Å². The van der Waals surface area contributed by atoms with Gasteiger partial charge in [-0.05, 0) is 24.6 Å². The van der Waals surface area contributed by atoms with Crippen LogP contribution in [0.1, 0.15) is 22.8 Å². The molecule has 1 aromatic carbocycles. The predicted molar refractivity (Wildman–Crippen MR) is 81.9 cm³/mol. The molecule has 0 aliphatic carbocycles. The van der Waals surface area contributed by atoms with E-state index < -0.39 is 24.2 Å². The number of aromatic nitrogens is 3. The lowest BCUT2D eigenvalue weighted by molar-refractivity contribution is -0.220. The molecule has 1 fully saturated rings. The molecule has 0 radical (unpaired) electrons. The molecule has 1 aliphatic heterocycles. The minimum Gasteiger partial charge on any atom is -0.374 e. The topological polar surface area (TPSA) is 60.2 Å². The second-order valence-corrected chi connectivity index (χ2v) is 5.86. The fraction of sp³-hybridized carbons (Fsp3) is 0.438. The highest BCUT2D eigenvalue weighted by Gasteiger charge is 2.50. The van der Waals surface area contributed by atoms with E-state index >= 15 is 0 Å². The van der Waals surface area contributed by atoms with Crippen molar-refractivity contribution in [1.29, 1.82) is 0 Å². The van der Waals surface area contributed by atoms with Crippen LogP contribution in [0.15, 0.2) is 36.7 Å². The SMILES string of the molecule is C[C@@H]1OCCN(C(=O)c2cccc(Cn3ccnn3)c2)[C@@H]1C(F)(F)F. The summed E-state index contributed by atoms with van der Waals surface area (Å²) in [6.45, 7) is 1.70. The molecular formula is C16H17F3N4O2. The first-order chi connectivity index (χ1) is 11.9. The standard InChI is InChI=1S/C16H17F3N4O2/c1-11-14(16(17,18)19)23(7-8-25-11)15(24)13-4-2-3-12(9-13)10-22-6-5-20-21-22/h2-6,9,11,14H,7-8,10H2,1H3/t11-,14-/m0/s1. The van der Waals surface area contributed by atoms with Crippen molar-refractivity contribution in [2.75, 3.05) is 13.2 Å². The molecule has 0 spiro atoms. The third kappa shape index (κ3) is 3.81. The summed E-state index contributed by atoms with van der Waals surface area (Å²) in [5, 5.41) is 7.53. The van der Waals surface area contributed by atoms with Gasteiger partial charge in [0.05, 0.1) is 25.5 Å². The molecule has 9 heteroatoms. The normalized spacial score (nSPS) is 21.4. The van der Waals surface area contributed by atoms with Gasteiger partial charge in [0.15, 0.2) is 6.04 Å². The molecule has 2 aromatic rings. The number of carbonyl (C=O) groups excluding carboxylic acids is 1. The second-order valence-electron chi connectivity index (χ2n) is 5.86. The average molecular weight is 354 g/mol. The third-order valence-electron chi connectivity index (χ3n) is 4.08. The molecule has 6 nitrogen and oxygen atoms in total. The predicted octanol–water partition coefficient (Wildman–Crippen LogP) is 2.12. The highest BCUT2D eigenvalue weighted by Crippen LogP contribution is 2.31. The Kier molecular flexibility index (Phi) is 4.76. The lowest BCUT2D eigenvalue weighted by Crippen LogP contribution is -2.59. The molecule has 0 unspecified atom stereocenters. The summed E-state index contributed by atoms with van der Waals surface area (Å²) in [5.41, 5.74) is 0.960. The van der Waals surface area contributed by atoms with E-state index in [1.54, 1.807) is 29.1 Å². The van der Waals surface area contributed by atoms with Crippen molar-refractivity contribution in [2.45, 2.75) is 31.8 Å². The molecule has 0 saturated carbocycles. The van der Waals surface area contributed by atoms with Gasteiger partial charge in [-0.15, -0.1) is 5.10 Å². The lowest BCUT2D eigenvalue weighted by atomic mass is 10.0. The third-order valence-corrected chi connectivity index (χ3v) is 4.08. The molecular weight excluding hydrogens is 337 g/mol. The molecule has 134 valence electrons. The Balaban J connectivity index is 1.84. The minimum absolute atomic E-state index is 0.0815. The molecule has 2 atom stereocenters. The number of morpholine rings is 1. The van der Waals surface area contributed by atoms with Crippen molar-refractivity contribution in [2.24, 2.45) is 0 Å². The van der Waals surface area contributed by atoms with Gasteiger partial charge in [0.25, 0.3) is 5.91 Å². The Hall–Kier alpha value is -2.42. The Labute approximate surface area is 142 Å². The number of hydrogen-bond acceptors (Lipinski definition) is 4. The van der Waals surface area contributed by atoms with Crippen LogP contribution in [0.25, 0.3) is 0 Å². The van der Waals surface area contributed by atoms with Gasteiger partial charge in [-0.25, -0.2) is 4.68 Å². The van der Waals surface area contributed by atoms with Crippen LogP contribution in [0.3, 0.4) is 0 Å². The summed E-state index contributed by atoms with van der Waals surface area (Å²) in [7, 11) is 0. The fourth-order valence-electron chi connectivity index (χ4n) is 2.96. The number of nitrogens with zero attached hydrogens (tertiary/aromatic N) is 4. The Morgan fingerprint density at radius 1 is 1.40 bits per heavy atom. The number of halogens is 3. The van der Waals surface area contributed by atoms with Crippen LogP contribution >= 0.6 is 0 Å². The summed E-state index contributed by atoms with van der Waals surface area (Å²) in [6, 6.07) is 4.57. The highest BCUT2D eigenvalue weighted by molar-refractivity contribution is 5.94. The Morgan fingerprint density at radius 3 is 2.88 bits per heavy atom. The molecule has 0 bridgehead atoms. The van der Waals surface area contributed by atoms with E-state index in [-0.39, 0.29) is 18.7 Å². The maximum Gasteiger partial charge on any atom is 0.411 e. The number of ether oxygens (including phenoxy) is 1. The van der Waals surface area contributed by atoms with Crippen LogP contribution < -0.4 is 0 Å². The van der Waals surface area contributed by atoms with Crippen LogP contribution in [0.2, 0.25) is 0 Å². The number of benzene rings is 1. The molecule has 3 rings (SSSR count). The van der Waals surface area contributed by atoms with Crippen molar-refractivity contribution in [3.05, 3.63) is 47.8 Å². The van der Waals surface area contributed by atoms with Gasteiger partial charge in [0.2, 0.25) is 0 Å². The van der Waals surface area contributed by atoms with E-state index in [0.29, 0.717) is 6.54 Å². The van der Waals surface area contributed by atoms with Crippen LogP contribution in [0.5, 0.6) is 0 Å². The first kappa shape index (κ1) is 17.4. The first-order valence-corrected chi connectivity index (χ1v) is 7.78. The van der Waals surface area contributed by atoms with Crippen molar-refractivity contribution < 1.29 is 22.7 Å². The molecule has 0 N–H and O–H groups in total. The monoisotopic (exact) mass is 354 g/mol. The van der Waals surface area contributed by atoms with E-state index in [0.717, 1.165) is 10.5 Å². The maximum atomic E-state index is 13.4. The number of rotatable bonds is 3. The summed E-state index contributed by atoms with van der Waals surface area (Å²) in [6.07, 6.45) is -2.46. The number of carbonyl (C=O) groups is 1. The van der Waals surface area contributed by atoms with Gasteiger partial charge < -0.3 is 9.64 Å². The number of amides is 1. The van der Waals surface area contributed by atoms with Crippen molar-refractivity contribution in [1.82, 2.24) is 19.9 Å². The summed E-state index contributed by atoms with van der Waals surface area (Å²) < 4.78 is 46.7. The molecule has 2 heterocycles. The summed E-state index contributed by atoms with van der Waals surface area (Å²) in [5.74, 6) is -0.655. The van der Waals surface area contributed by atoms with E-state index in [1.807, 2.05) is 0 Å². The summed E-state index contributed by atoms with van der Waals surface area (Å²) >= 11 is 0. The second kappa shape index (κ2) is 6.83. The van der Waals surface area contributed by atoms with Gasteiger partial charge >= 0.3 is 6.18 Å². The smallest absolute Gasteiger partial charge is 0.374 e. The van der Waals surface area contributed by atoms with Crippen LogP contribution in [0.4, 0.5) is 13.2 Å². The van der Waals surface area contributed by atoms with Gasteiger partial charge in [-0.2, -0.15) is 13.2 Å². The largest absolute Gasteiger partial charge is 0.411 e. The quantitative estimate of drug-likeness (QED) is 0.847. The molecule has 25 heavy (non-hydrogen) atoms. The zero-order chi connectivity index (χ0) is 18.0. The van der Waals surface area contributed by atoms with Gasteiger partial charge in [-0.3, -0.25) is 4.79 Å². The zero-order valence-electron chi connectivity index (χ0n) is 13.5. The number of alkyl halides is 3. The maximum absolute atomic E-state index is 13.4. The van der Waals surface area contributed by atoms with Gasteiger partial charge in [0.1, 0.15) is 0 Å². The van der Waals surface area contributed by atoms with E-state index in [4.69, 9.17) is 4.74 Å². The molecule has 1 aliphatic rings. The van der Waals surface area contributed by atoms with Crippen LogP contribution in [-0.2, 0) is 11.3 Å². The van der Waals surface area contributed by atoms with Crippen molar-refractivity contribution >= 4 is 5.91 Å². The van der Waals surface area contributed by atoms with Crippen molar-refractivity contribution in [3.63, 3.8) is 0 Å². The Bertz CT molecular complexity index is 733. The zero-order valence-corrected chi connectivity index (χ0v) is 13.5. The summed E-state index contributed by atoms with van der Waals surface area (Å²) in [4.78, 5) is 13.5. The van der Waals surface area contributed by atoms with E-state index in [2.05, 4.69) is 10.3 Å². The average Bonchev–Trinajstić information content (AvgIpc) is 3.06. The first-order valence-electron chi connectivity index (χ1n) is 7.78. The lowest BCUT2D eigenvalue weighted by Gasteiger charge is -2.40. The van der Waals surface area contributed by atoms with Crippen LogP contribution in [0, 0.1) is 0 Å². The van der Waals surface area contributed by atoms with Crippen LogP contribution in [-0.4, -0.2) is 57.3 Å². The molecule has 1 amide bonds. The molecule has 1 aromatic heterocycles. The Morgan fingerprint density at radius 2 is 2.20 bits per heavy atom. The highest BCUT2D eigenvalue weighted by atomic mass is 19.4. The van der Waals surface area contributed by atoms with E-state index in [9.17, 15) is 18.0 Å². The van der Waals surface area contributed by atoms with E-state index in [1.165, 1.54) is 19.2 Å². The van der Waals surface area contributed by atoms with Crippen molar-refractivity contribution in [3.8, 4) is 0 Å². The molecule has 1 saturated heterocycles. The number of hydrogen-bond donors (Lipinski definition) is 0. The fourth-order valence-corrected chi connectivity index (χ4v) is 2.96. The minimum atomic E-state index is -4.55.